The van der Waals surface area contributed by atoms with Gasteiger partial charge in [0.25, 0.3) is 5.91 Å². The fourth-order valence-electron chi connectivity index (χ4n) is 3.39. The van der Waals surface area contributed by atoms with Crippen molar-refractivity contribution in [2.45, 2.75) is 13.8 Å². The van der Waals surface area contributed by atoms with Crippen LogP contribution in [0.15, 0.2) is 60.2 Å². The molecule has 0 aliphatic carbocycles. The minimum Gasteiger partial charge on any atom is -0.465 e. The number of anilines is 2. The minimum atomic E-state index is -0.443. The first kappa shape index (κ1) is 22.1. The van der Waals surface area contributed by atoms with E-state index >= 15 is 0 Å². The molecule has 2 aromatic carbocycles. The van der Waals surface area contributed by atoms with Gasteiger partial charge >= 0.3 is 5.97 Å². The van der Waals surface area contributed by atoms with Gasteiger partial charge < -0.3 is 19.9 Å². The summed E-state index contributed by atoms with van der Waals surface area (Å²) in [5.41, 5.74) is 3.62. The van der Waals surface area contributed by atoms with E-state index in [0.717, 1.165) is 18.8 Å². The van der Waals surface area contributed by atoms with E-state index < -0.39 is 5.97 Å². The van der Waals surface area contributed by atoms with Gasteiger partial charge in [-0.2, -0.15) is 0 Å². The molecule has 7 heteroatoms. The monoisotopic (exact) mass is 421 g/mol. The highest BCUT2D eigenvalue weighted by atomic mass is 16.5. The highest BCUT2D eigenvalue weighted by molar-refractivity contribution is 6.07. The third kappa shape index (κ3) is 5.72. The quantitative estimate of drug-likeness (QED) is 0.593. The second kappa shape index (κ2) is 9.93. The summed E-state index contributed by atoms with van der Waals surface area (Å²) in [5.74, 6) is -0.975. The fraction of sp³-hybridized carbons (Fsp3) is 0.292. The van der Waals surface area contributed by atoms with Gasteiger partial charge in [-0.15, -0.1) is 0 Å². The van der Waals surface area contributed by atoms with E-state index in [1.165, 1.54) is 18.7 Å². The van der Waals surface area contributed by atoms with Crippen molar-refractivity contribution < 1.29 is 19.1 Å². The Bertz CT molecular complexity index is 990. The molecule has 1 aliphatic heterocycles. The van der Waals surface area contributed by atoms with Crippen LogP contribution in [-0.4, -0.2) is 56.0 Å². The van der Waals surface area contributed by atoms with Gasteiger partial charge in [-0.25, -0.2) is 4.79 Å². The van der Waals surface area contributed by atoms with E-state index in [1.54, 1.807) is 36.1 Å². The number of nitrogens with zero attached hydrogens (tertiary/aromatic N) is 2. The predicted molar refractivity (Wildman–Crippen MR) is 120 cm³/mol. The van der Waals surface area contributed by atoms with Crippen molar-refractivity contribution in [2.75, 3.05) is 43.5 Å². The van der Waals surface area contributed by atoms with Gasteiger partial charge in [0.15, 0.2) is 0 Å². The maximum Gasteiger partial charge on any atom is 0.337 e. The first-order valence-corrected chi connectivity index (χ1v) is 10.2. The van der Waals surface area contributed by atoms with Crippen LogP contribution in [0.25, 0.3) is 0 Å². The topological polar surface area (TPSA) is 78.9 Å². The van der Waals surface area contributed by atoms with Crippen LogP contribution < -0.4 is 10.2 Å². The van der Waals surface area contributed by atoms with E-state index in [2.05, 4.69) is 40.1 Å². The molecule has 1 saturated heterocycles. The molecule has 7 nitrogen and oxygen atoms in total. The van der Waals surface area contributed by atoms with Crippen LogP contribution in [0.3, 0.4) is 0 Å². The fourth-order valence-corrected chi connectivity index (χ4v) is 3.39. The van der Waals surface area contributed by atoms with Crippen LogP contribution >= 0.6 is 0 Å². The maximum atomic E-state index is 12.6. The second-order valence-electron chi connectivity index (χ2n) is 7.50. The van der Waals surface area contributed by atoms with Gasteiger partial charge in [0.2, 0.25) is 5.91 Å². The third-order valence-electron chi connectivity index (χ3n) is 5.22. The number of aryl methyl sites for hydroxylation is 1. The van der Waals surface area contributed by atoms with E-state index in [4.69, 9.17) is 0 Å². The van der Waals surface area contributed by atoms with Gasteiger partial charge in [0.05, 0.1) is 12.7 Å². The Morgan fingerprint density at radius 2 is 1.68 bits per heavy atom. The molecule has 0 bridgehead atoms. The molecule has 0 saturated carbocycles. The second-order valence-corrected chi connectivity index (χ2v) is 7.50. The Hall–Kier alpha value is -3.61. The average molecular weight is 421 g/mol. The van der Waals surface area contributed by atoms with Crippen molar-refractivity contribution >= 4 is 29.2 Å². The zero-order valence-corrected chi connectivity index (χ0v) is 18.1. The number of piperazine rings is 1. The number of hydrogen-bond acceptors (Lipinski definition) is 5. The summed E-state index contributed by atoms with van der Waals surface area (Å²) in [6, 6.07) is 14.7. The zero-order valence-electron chi connectivity index (χ0n) is 18.1. The Morgan fingerprint density at radius 1 is 1.00 bits per heavy atom. The summed E-state index contributed by atoms with van der Waals surface area (Å²) in [5, 5.41) is 2.73. The normalized spacial score (nSPS) is 14.2. The molecule has 1 heterocycles. The first-order chi connectivity index (χ1) is 14.9. The molecule has 1 fully saturated rings. The average Bonchev–Trinajstić information content (AvgIpc) is 2.79. The number of rotatable bonds is 5. The van der Waals surface area contributed by atoms with E-state index in [1.807, 2.05) is 6.07 Å². The molecule has 0 radical (unpaired) electrons. The van der Waals surface area contributed by atoms with Crippen molar-refractivity contribution in [2.24, 2.45) is 0 Å². The molecule has 0 atom stereocenters. The molecule has 0 aromatic heterocycles. The first-order valence-electron chi connectivity index (χ1n) is 10.2. The number of ether oxygens (including phenoxy) is 1. The van der Waals surface area contributed by atoms with Crippen LogP contribution in [0.4, 0.5) is 11.4 Å². The van der Waals surface area contributed by atoms with E-state index in [9.17, 15) is 14.4 Å². The summed E-state index contributed by atoms with van der Waals surface area (Å²) in [4.78, 5) is 40.5. The lowest BCUT2D eigenvalue weighted by molar-refractivity contribution is -0.126. The molecular formula is C24H27N3O4. The molecule has 2 aromatic rings. The number of nitrogens with one attached hydrogen (secondary N) is 1. The van der Waals surface area contributed by atoms with Crippen molar-refractivity contribution in [3.63, 3.8) is 0 Å². The van der Waals surface area contributed by atoms with Crippen molar-refractivity contribution in [3.8, 4) is 0 Å². The Balaban J connectivity index is 1.54. The number of carbonyl (C=O) groups is 3. The van der Waals surface area contributed by atoms with Crippen molar-refractivity contribution in [3.05, 3.63) is 71.3 Å². The number of esters is 1. The third-order valence-corrected chi connectivity index (χ3v) is 5.22. The molecule has 3 rings (SSSR count). The molecule has 2 amide bonds. The standard InChI is InChI=1S/C24H27N3O4/c1-17-5-4-6-21(15-17)26-11-13-27(14-12-26)22(28)16-18(2)23(29)25-20-9-7-19(8-10-20)24(30)31-3/h4-10,15-16H,11-14H2,1-3H3,(H,25,29)/b18-16+. The summed E-state index contributed by atoms with van der Waals surface area (Å²) in [6.07, 6.45) is 1.38. The minimum absolute atomic E-state index is 0.169. The molecule has 0 unspecified atom stereocenters. The lowest BCUT2D eigenvalue weighted by Crippen LogP contribution is -2.48. The van der Waals surface area contributed by atoms with Crippen LogP contribution in [0, 0.1) is 6.92 Å². The summed E-state index contributed by atoms with van der Waals surface area (Å²) in [7, 11) is 1.31. The van der Waals surface area contributed by atoms with Crippen LogP contribution in [0.1, 0.15) is 22.8 Å². The number of methoxy groups -OCH3 is 1. The van der Waals surface area contributed by atoms with Crippen LogP contribution in [0.5, 0.6) is 0 Å². The zero-order chi connectivity index (χ0) is 22.4. The van der Waals surface area contributed by atoms with Crippen molar-refractivity contribution in [1.29, 1.82) is 0 Å². The van der Waals surface area contributed by atoms with Gasteiger partial charge in [-0.3, -0.25) is 9.59 Å². The molecular weight excluding hydrogens is 394 g/mol. The SMILES string of the molecule is COC(=O)c1ccc(NC(=O)/C(C)=C/C(=O)N2CCN(c3cccc(C)c3)CC2)cc1. The molecule has 1 N–H and O–H groups in total. The largest absolute Gasteiger partial charge is 0.465 e. The highest BCUT2D eigenvalue weighted by Gasteiger charge is 2.21. The van der Waals surface area contributed by atoms with Crippen molar-refractivity contribution in [1.82, 2.24) is 4.90 Å². The maximum absolute atomic E-state index is 12.6. The van der Waals surface area contributed by atoms with E-state index in [-0.39, 0.29) is 11.8 Å². The lowest BCUT2D eigenvalue weighted by Gasteiger charge is -2.35. The number of hydrogen-bond donors (Lipinski definition) is 1. The summed E-state index contributed by atoms with van der Waals surface area (Å²) < 4.78 is 4.65. The van der Waals surface area contributed by atoms with Gasteiger partial charge in [0.1, 0.15) is 0 Å². The Labute approximate surface area is 182 Å². The summed E-state index contributed by atoms with van der Waals surface area (Å²) in [6.45, 7) is 6.39. The molecule has 0 spiro atoms. The summed E-state index contributed by atoms with van der Waals surface area (Å²) >= 11 is 0. The van der Waals surface area contributed by atoms with Gasteiger partial charge in [0, 0.05) is 49.2 Å². The van der Waals surface area contributed by atoms with Crippen LogP contribution in [-0.2, 0) is 14.3 Å². The van der Waals surface area contributed by atoms with Crippen LogP contribution in [0.2, 0.25) is 0 Å². The molecule has 1 aliphatic rings. The van der Waals surface area contributed by atoms with Gasteiger partial charge in [-0.05, 0) is 55.8 Å². The number of carbonyl (C=O) groups excluding carboxylic acids is 3. The smallest absolute Gasteiger partial charge is 0.337 e. The van der Waals surface area contributed by atoms with E-state index in [0.29, 0.717) is 29.9 Å². The number of benzene rings is 2. The highest BCUT2D eigenvalue weighted by Crippen LogP contribution is 2.18. The Morgan fingerprint density at radius 3 is 2.29 bits per heavy atom. The number of amides is 2. The Kier molecular flexibility index (Phi) is 7.07. The van der Waals surface area contributed by atoms with Gasteiger partial charge in [-0.1, -0.05) is 12.1 Å². The predicted octanol–water partition coefficient (Wildman–Crippen LogP) is 3.02. The molecule has 31 heavy (non-hydrogen) atoms. The lowest BCUT2D eigenvalue weighted by atomic mass is 10.1. The molecule has 162 valence electrons.